The van der Waals surface area contributed by atoms with Crippen molar-refractivity contribution in [2.75, 3.05) is 11.1 Å². The number of amides is 1. The molecule has 5 N–H and O–H groups in total. The second kappa shape index (κ2) is 5.44. The smallest absolute Gasteiger partial charge is 0.250 e. The summed E-state index contributed by atoms with van der Waals surface area (Å²) in [6.45, 7) is 2.10. The van der Waals surface area contributed by atoms with E-state index in [1.807, 2.05) is 24.3 Å². The fourth-order valence-electron chi connectivity index (χ4n) is 1.86. The number of nitrogens with two attached hydrogens (primary N) is 2. The molecule has 0 spiro atoms. The third-order valence-electron chi connectivity index (χ3n) is 2.95. The van der Waals surface area contributed by atoms with E-state index in [1.165, 1.54) is 5.56 Å². The van der Waals surface area contributed by atoms with Gasteiger partial charge in [0.05, 0.1) is 11.3 Å². The van der Waals surface area contributed by atoms with Gasteiger partial charge >= 0.3 is 0 Å². The van der Waals surface area contributed by atoms with Crippen LogP contribution in [-0.4, -0.2) is 5.91 Å². The first-order valence-electron chi connectivity index (χ1n) is 6.15. The van der Waals surface area contributed by atoms with E-state index in [4.69, 9.17) is 11.5 Å². The first kappa shape index (κ1) is 13.0. The normalized spacial score (nSPS) is 10.2. The molecule has 4 nitrogen and oxygen atoms in total. The van der Waals surface area contributed by atoms with Crippen molar-refractivity contribution in [1.29, 1.82) is 0 Å². The van der Waals surface area contributed by atoms with E-state index in [0.717, 1.165) is 12.1 Å². The second-order valence-corrected chi connectivity index (χ2v) is 4.34. The highest BCUT2D eigenvalue weighted by Crippen LogP contribution is 2.23. The number of hydrogen-bond acceptors (Lipinski definition) is 3. The van der Waals surface area contributed by atoms with Crippen molar-refractivity contribution in [3.8, 4) is 0 Å². The quantitative estimate of drug-likeness (QED) is 0.735. The van der Waals surface area contributed by atoms with Crippen LogP contribution in [0.5, 0.6) is 0 Å². The molecule has 0 aliphatic rings. The van der Waals surface area contributed by atoms with Gasteiger partial charge in [-0.1, -0.05) is 19.1 Å². The standard InChI is InChI=1S/C15H17N3O/c1-2-10-3-6-12(7-4-10)18-14-9-11(16)5-8-13(14)15(17)19/h3-9,18H,2,16H2,1H3,(H2,17,19). The van der Waals surface area contributed by atoms with E-state index in [0.29, 0.717) is 16.9 Å². The molecule has 0 unspecified atom stereocenters. The maximum atomic E-state index is 11.4. The van der Waals surface area contributed by atoms with Gasteiger partial charge in [0.1, 0.15) is 0 Å². The molecule has 0 aliphatic heterocycles. The van der Waals surface area contributed by atoms with E-state index in [9.17, 15) is 4.79 Å². The zero-order valence-electron chi connectivity index (χ0n) is 10.8. The van der Waals surface area contributed by atoms with Gasteiger partial charge in [-0.05, 0) is 42.3 Å². The Hall–Kier alpha value is -2.49. The molecule has 2 aromatic carbocycles. The number of aryl methyl sites for hydroxylation is 1. The molecule has 0 aliphatic carbocycles. The number of primary amides is 1. The number of rotatable bonds is 4. The highest BCUT2D eigenvalue weighted by Gasteiger charge is 2.08. The number of anilines is 3. The number of carbonyl (C=O) groups is 1. The van der Waals surface area contributed by atoms with Gasteiger partial charge in [0.15, 0.2) is 0 Å². The van der Waals surface area contributed by atoms with Crippen molar-refractivity contribution in [3.63, 3.8) is 0 Å². The lowest BCUT2D eigenvalue weighted by Gasteiger charge is -2.11. The van der Waals surface area contributed by atoms with Gasteiger partial charge in [-0.15, -0.1) is 0 Å². The Balaban J connectivity index is 2.31. The molecule has 19 heavy (non-hydrogen) atoms. The van der Waals surface area contributed by atoms with Gasteiger partial charge in [-0.3, -0.25) is 4.79 Å². The van der Waals surface area contributed by atoms with Crippen LogP contribution in [0.3, 0.4) is 0 Å². The maximum absolute atomic E-state index is 11.4. The Bertz CT molecular complexity index is 591. The topological polar surface area (TPSA) is 81.1 Å². The summed E-state index contributed by atoms with van der Waals surface area (Å²) in [7, 11) is 0. The van der Waals surface area contributed by atoms with Crippen LogP contribution in [0.1, 0.15) is 22.8 Å². The number of carbonyl (C=O) groups excluding carboxylic acids is 1. The van der Waals surface area contributed by atoms with Crippen LogP contribution in [0, 0.1) is 0 Å². The zero-order chi connectivity index (χ0) is 13.8. The van der Waals surface area contributed by atoms with Gasteiger partial charge in [0.25, 0.3) is 5.91 Å². The van der Waals surface area contributed by atoms with E-state index in [2.05, 4.69) is 12.2 Å². The highest BCUT2D eigenvalue weighted by atomic mass is 16.1. The molecule has 1 amide bonds. The summed E-state index contributed by atoms with van der Waals surface area (Å²) in [5, 5.41) is 3.17. The van der Waals surface area contributed by atoms with Gasteiger partial charge < -0.3 is 16.8 Å². The van der Waals surface area contributed by atoms with Crippen molar-refractivity contribution in [2.45, 2.75) is 13.3 Å². The Morgan fingerprint density at radius 3 is 2.42 bits per heavy atom. The van der Waals surface area contributed by atoms with Crippen molar-refractivity contribution < 1.29 is 4.79 Å². The largest absolute Gasteiger partial charge is 0.399 e. The molecule has 0 radical (unpaired) electrons. The minimum atomic E-state index is -0.479. The summed E-state index contributed by atoms with van der Waals surface area (Å²) in [5.41, 5.74) is 14.9. The second-order valence-electron chi connectivity index (χ2n) is 4.34. The molecule has 0 heterocycles. The van der Waals surface area contributed by atoms with Crippen LogP contribution in [0.4, 0.5) is 17.1 Å². The molecular weight excluding hydrogens is 238 g/mol. The third-order valence-corrected chi connectivity index (χ3v) is 2.95. The fourth-order valence-corrected chi connectivity index (χ4v) is 1.86. The minimum Gasteiger partial charge on any atom is -0.399 e. The van der Waals surface area contributed by atoms with Crippen LogP contribution >= 0.6 is 0 Å². The van der Waals surface area contributed by atoms with E-state index in [-0.39, 0.29) is 0 Å². The van der Waals surface area contributed by atoms with Crippen molar-refractivity contribution >= 4 is 23.0 Å². The molecule has 2 aromatic rings. The predicted octanol–water partition coefficient (Wildman–Crippen LogP) is 2.67. The average molecular weight is 255 g/mol. The monoisotopic (exact) mass is 255 g/mol. The minimum absolute atomic E-state index is 0.425. The molecule has 0 atom stereocenters. The Kier molecular flexibility index (Phi) is 3.71. The van der Waals surface area contributed by atoms with Gasteiger partial charge in [-0.25, -0.2) is 0 Å². The average Bonchev–Trinajstić information content (AvgIpc) is 2.39. The lowest BCUT2D eigenvalue weighted by atomic mass is 10.1. The summed E-state index contributed by atoms with van der Waals surface area (Å²) in [6, 6.07) is 13.0. The highest BCUT2D eigenvalue weighted by molar-refractivity contribution is 5.99. The molecule has 2 rings (SSSR count). The van der Waals surface area contributed by atoms with Crippen molar-refractivity contribution in [1.82, 2.24) is 0 Å². The molecule has 98 valence electrons. The van der Waals surface area contributed by atoms with E-state index in [1.54, 1.807) is 18.2 Å². The van der Waals surface area contributed by atoms with Crippen molar-refractivity contribution in [3.05, 3.63) is 53.6 Å². The molecule has 0 saturated carbocycles. The number of hydrogen-bond donors (Lipinski definition) is 3. The maximum Gasteiger partial charge on any atom is 0.250 e. The molecule has 0 fully saturated rings. The summed E-state index contributed by atoms with van der Waals surface area (Å²) in [5.74, 6) is -0.479. The molecule has 4 heteroatoms. The van der Waals surface area contributed by atoms with Crippen molar-refractivity contribution in [2.24, 2.45) is 5.73 Å². The lowest BCUT2D eigenvalue weighted by molar-refractivity contribution is 0.100. The zero-order valence-corrected chi connectivity index (χ0v) is 10.8. The first-order chi connectivity index (χ1) is 9.10. The van der Waals surface area contributed by atoms with Gasteiger partial charge in [-0.2, -0.15) is 0 Å². The Morgan fingerprint density at radius 2 is 1.84 bits per heavy atom. The van der Waals surface area contributed by atoms with Crippen LogP contribution in [0.25, 0.3) is 0 Å². The summed E-state index contributed by atoms with van der Waals surface area (Å²) in [4.78, 5) is 11.4. The molecule has 0 saturated heterocycles. The molecule has 0 bridgehead atoms. The first-order valence-corrected chi connectivity index (χ1v) is 6.15. The summed E-state index contributed by atoms with van der Waals surface area (Å²) >= 11 is 0. The van der Waals surface area contributed by atoms with Crippen LogP contribution in [-0.2, 0) is 6.42 Å². The number of benzene rings is 2. The third kappa shape index (κ3) is 3.04. The van der Waals surface area contributed by atoms with Crippen LogP contribution in [0.2, 0.25) is 0 Å². The van der Waals surface area contributed by atoms with E-state index < -0.39 is 5.91 Å². The van der Waals surface area contributed by atoms with Crippen LogP contribution in [0.15, 0.2) is 42.5 Å². The Morgan fingerprint density at radius 1 is 1.16 bits per heavy atom. The summed E-state index contributed by atoms with van der Waals surface area (Å²) in [6.07, 6.45) is 0.991. The SMILES string of the molecule is CCc1ccc(Nc2cc(N)ccc2C(N)=O)cc1. The van der Waals surface area contributed by atoms with E-state index >= 15 is 0 Å². The molecule has 0 aromatic heterocycles. The lowest BCUT2D eigenvalue weighted by Crippen LogP contribution is -2.13. The summed E-state index contributed by atoms with van der Waals surface area (Å²) < 4.78 is 0. The fraction of sp³-hybridized carbons (Fsp3) is 0.133. The Labute approximate surface area is 112 Å². The molecular formula is C15H17N3O. The van der Waals surface area contributed by atoms with Crippen LogP contribution < -0.4 is 16.8 Å². The van der Waals surface area contributed by atoms with Gasteiger partial charge in [0.2, 0.25) is 0 Å². The number of nitrogen functional groups attached to an aromatic ring is 1. The van der Waals surface area contributed by atoms with Gasteiger partial charge in [0, 0.05) is 11.4 Å². The predicted molar refractivity (Wildman–Crippen MR) is 78.5 cm³/mol. The number of nitrogens with one attached hydrogen (secondary N) is 1.